The second-order valence-corrected chi connectivity index (χ2v) is 5.52. The van der Waals surface area contributed by atoms with Crippen molar-refractivity contribution in [2.75, 3.05) is 0 Å². The van der Waals surface area contributed by atoms with Crippen LogP contribution >= 0.6 is 11.6 Å². The molecule has 1 aromatic heterocycles. The molecule has 1 aliphatic rings. The molecule has 0 aliphatic heterocycles. The lowest BCUT2D eigenvalue weighted by Gasteiger charge is -2.18. The van der Waals surface area contributed by atoms with Gasteiger partial charge in [0.25, 0.3) is 0 Å². The zero-order chi connectivity index (χ0) is 13.2. The second kappa shape index (κ2) is 5.31. The summed E-state index contributed by atoms with van der Waals surface area (Å²) >= 11 is 5.94. The molecular formula is C14H17ClN4. The van der Waals surface area contributed by atoms with E-state index in [2.05, 4.69) is 27.5 Å². The predicted octanol–water partition coefficient (Wildman–Crippen LogP) is 2.71. The number of hydrogen-bond acceptors (Lipinski definition) is 3. The zero-order valence-electron chi connectivity index (χ0n) is 10.9. The third-order valence-electron chi connectivity index (χ3n) is 3.45. The topological polar surface area (TPSA) is 42.7 Å². The molecule has 3 rings (SSSR count). The van der Waals surface area contributed by atoms with Crippen LogP contribution in [-0.2, 0) is 13.6 Å². The van der Waals surface area contributed by atoms with Gasteiger partial charge in [-0.25, -0.2) is 4.98 Å². The maximum Gasteiger partial charge on any atom is 0.164 e. The number of halogens is 1. The number of hydrogen-bond donors (Lipinski definition) is 1. The van der Waals surface area contributed by atoms with Crippen molar-refractivity contribution in [1.82, 2.24) is 20.1 Å². The molecule has 1 saturated carbocycles. The number of benzene rings is 1. The van der Waals surface area contributed by atoms with Gasteiger partial charge in [0, 0.05) is 18.1 Å². The van der Waals surface area contributed by atoms with Gasteiger partial charge in [0.15, 0.2) is 5.82 Å². The maximum absolute atomic E-state index is 5.94. The normalized spacial score (nSPS) is 16.5. The number of aromatic nitrogens is 3. The molecule has 1 unspecified atom stereocenters. The largest absolute Gasteiger partial charge is 0.303 e. The Morgan fingerprint density at radius 2 is 2.11 bits per heavy atom. The standard InChI is InChI=1S/C14H17ClN4/c1-19-9-17-13(18-19)8-16-14(10-2-3-10)11-4-6-12(15)7-5-11/h4-7,9-10,14,16H,2-3,8H2,1H3. The molecule has 100 valence electrons. The van der Waals surface area contributed by atoms with Crippen LogP contribution in [0.4, 0.5) is 0 Å². The monoisotopic (exact) mass is 276 g/mol. The van der Waals surface area contributed by atoms with Crippen LogP contribution in [0, 0.1) is 5.92 Å². The van der Waals surface area contributed by atoms with E-state index in [1.54, 1.807) is 11.0 Å². The van der Waals surface area contributed by atoms with Gasteiger partial charge in [-0.2, -0.15) is 5.10 Å². The Kier molecular flexibility index (Phi) is 3.53. The van der Waals surface area contributed by atoms with Crippen molar-refractivity contribution in [3.05, 3.63) is 47.0 Å². The first-order chi connectivity index (χ1) is 9.22. The molecular weight excluding hydrogens is 260 g/mol. The molecule has 0 bridgehead atoms. The average molecular weight is 277 g/mol. The Morgan fingerprint density at radius 1 is 1.37 bits per heavy atom. The molecule has 1 aliphatic carbocycles. The summed E-state index contributed by atoms with van der Waals surface area (Å²) in [7, 11) is 1.88. The minimum absolute atomic E-state index is 0.376. The maximum atomic E-state index is 5.94. The van der Waals surface area contributed by atoms with E-state index in [0.717, 1.165) is 16.8 Å². The van der Waals surface area contributed by atoms with Crippen LogP contribution in [0.3, 0.4) is 0 Å². The molecule has 0 amide bonds. The van der Waals surface area contributed by atoms with Gasteiger partial charge in [-0.15, -0.1) is 0 Å². The minimum Gasteiger partial charge on any atom is -0.303 e. The van der Waals surface area contributed by atoms with Gasteiger partial charge in [-0.05, 0) is 36.5 Å². The van der Waals surface area contributed by atoms with E-state index in [9.17, 15) is 0 Å². The van der Waals surface area contributed by atoms with E-state index >= 15 is 0 Å². The number of nitrogens with zero attached hydrogens (tertiary/aromatic N) is 3. The third kappa shape index (κ3) is 3.14. The van der Waals surface area contributed by atoms with E-state index in [1.165, 1.54) is 18.4 Å². The lowest BCUT2D eigenvalue weighted by molar-refractivity contribution is 0.471. The van der Waals surface area contributed by atoms with E-state index in [-0.39, 0.29) is 0 Å². The SMILES string of the molecule is Cn1cnc(CNC(c2ccc(Cl)cc2)C2CC2)n1. The summed E-state index contributed by atoms with van der Waals surface area (Å²) in [5.74, 6) is 1.56. The fourth-order valence-electron chi connectivity index (χ4n) is 2.32. The van der Waals surface area contributed by atoms with Gasteiger partial charge in [-0.3, -0.25) is 4.68 Å². The molecule has 2 aromatic rings. The highest BCUT2D eigenvalue weighted by Gasteiger charge is 2.32. The van der Waals surface area contributed by atoms with Crippen molar-refractivity contribution >= 4 is 11.6 Å². The molecule has 4 nitrogen and oxygen atoms in total. The third-order valence-corrected chi connectivity index (χ3v) is 3.70. The lowest BCUT2D eigenvalue weighted by atomic mass is 10.0. The molecule has 1 N–H and O–H groups in total. The smallest absolute Gasteiger partial charge is 0.164 e. The van der Waals surface area contributed by atoms with Gasteiger partial charge in [-0.1, -0.05) is 23.7 Å². The van der Waals surface area contributed by atoms with E-state index < -0.39 is 0 Å². The number of aryl methyl sites for hydroxylation is 1. The van der Waals surface area contributed by atoms with E-state index in [0.29, 0.717) is 12.6 Å². The lowest BCUT2D eigenvalue weighted by Crippen LogP contribution is -2.23. The van der Waals surface area contributed by atoms with Crippen molar-refractivity contribution in [3.8, 4) is 0 Å². The van der Waals surface area contributed by atoms with E-state index in [1.807, 2.05) is 19.2 Å². The van der Waals surface area contributed by atoms with Gasteiger partial charge in [0.2, 0.25) is 0 Å². The second-order valence-electron chi connectivity index (χ2n) is 5.08. The molecule has 0 saturated heterocycles. The van der Waals surface area contributed by atoms with Crippen LogP contribution in [0.15, 0.2) is 30.6 Å². The Morgan fingerprint density at radius 3 is 2.68 bits per heavy atom. The predicted molar refractivity (Wildman–Crippen MR) is 74.8 cm³/mol. The highest BCUT2D eigenvalue weighted by molar-refractivity contribution is 6.30. The molecule has 19 heavy (non-hydrogen) atoms. The van der Waals surface area contributed by atoms with Crippen molar-refractivity contribution < 1.29 is 0 Å². The summed E-state index contributed by atoms with van der Waals surface area (Å²) in [6.07, 6.45) is 4.30. The van der Waals surface area contributed by atoms with Gasteiger partial charge < -0.3 is 5.32 Å². The summed E-state index contributed by atoms with van der Waals surface area (Å²) in [5, 5.41) is 8.64. The van der Waals surface area contributed by atoms with Gasteiger partial charge >= 0.3 is 0 Å². The summed E-state index contributed by atoms with van der Waals surface area (Å²) in [6, 6.07) is 8.48. The quantitative estimate of drug-likeness (QED) is 0.913. The molecule has 5 heteroatoms. The summed E-state index contributed by atoms with van der Waals surface area (Å²) in [4.78, 5) is 4.24. The first kappa shape index (κ1) is 12.6. The van der Waals surface area contributed by atoms with Crippen molar-refractivity contribution in [2.45, 2.75) is 25.4 Å². The van der Waals surface area contributed by atoms with Crippen molar-refractivity contribution in [3.63, 3.8) is 0 Å². The Hall–Kier alpha value is -1.39. The van der Waals surface area contributed by atoms with Gasteiger partial charge in [0.05, 0.1) is 6.54 Å². The Bertz CT molecular complexity index is 545. The van der Waals surface area contributed by atoms with Crippen LogP contribution in [0.5, 0.6) is 0 Å². The van der Waals surface area contributed by atoms with E-state index in [4.69, 9.17) is 11.6 Å². The first-order valence-electron chi connectivity index (χ1n) is 6.56. The number of nitrogens with one attached hydrogen (secondary N) is 1. The van der Waals surface area contributed by atoms with Crippen molar-refractivity contribution in [1.29, 1.82) is 0 Å². The fraction of sp³-hybridized carbons (Fsp3) is 0.429. The van der Waals surface area contributed by atoms with Crippen LogP contribution in [0.1, 0.15) is 30.3 Å². The molecule has 0 spiro atoms. The average Bonchev–Trinajstić information content (AvgIpc) is 3.15. The van der Waals surface area contributed by atoms with Crippen LogP contribution in [0.2, 0.25) is 5.02 Å². The molecule has 1 fully saturated rings. The first-order valence-corrected chi connectivity index (χ1v) is 6.93. The minimum atomic E-state index is 0.376. The summed E-state index contributed by atoms with van der Waals surface area (Å²) in [6.45, 7) is 0.699. The molecule has 1 heterocycles. The van der Waals surface area contributed by atoms with Crippen LogP contribution in [0.25, 0.3) is 0 Å². The molecule has 0 radical (unpaired) electrons. The molecule has 1 atom stereocenters. The Balaban J connectivity index is 1.69. The Labute approximate surface area is 117 Å². The van der Waals surface area contributed by atoms with Crippen molar-refractivity contribution in [2.24, 2.45) is 13.0 Å². The summed E-state index contributed by atoms with van der Waals surface area (Å²) < 4.78 is 1.73. The molecule has 1 aromatic carbocycles. The number of rotatable bonds is 5. The van der Waals surface area contributed by atoms with Gasteiger partial charge in [0.1, 0.15) is 6.33 Å². The van der Waals surface area contributed by atoms with Crippen LogP contribution in [-0.4, -0.2) is 14.8 Å². The fourth-order valence-corrected chi connectivity index (χ4v) is 2.45. The highest BCUT2D eigenvalue weighted by Crippen LogP contribution is 2.41. The zero-order valence-corrected chi connectivity index (χ0v) is 11.6. The summed E-state index contributed by atoms with van der Waals surface area (Å²) in [5.41, 5.74) is 1.29. The van der Waals surface area contributed by atoms with Crippen LogP contribution < -0.4 is 5.32 Å². The highest BCUT2D eigenvalue weighted by atomic mass is 35.5.